The van der Waals surface area contributed by atoms with Crippen molar-refractivity contribution in [2.45, 2.75) is 25.7 Å². The highest BCUT2D eigenvalue weighted by atomic mass is 35.5. The van der Waals surface area contributed by atoms with Crippen LogP contribution in [0.2, 0.25) is 4.34 Å². The molecule has 1 atom stereocenters. The van der Waals surface area contributed by atoms with Crippen LogP contribution in [-0.4, -0.2) is 37.6 Å². The first-order chi connectivity index (χ1) is 8.29. The highest BCUT2D eigenvalue weighted by molar-refractivity contribution is 7.16. The minimum Gasteiger partial charge on any atom is -0.314 e. The molecule has 0 saturated carbocycles. The van der Waals surface area contributed by atoms with E-state index in [1.54, 1.807) is 11.3 Å². The summed E-state index contributed by atoms with van der Waals surface area (Å²) in [6.45, 7) is 8.16. The Morgan fingerprint density at radius 3 is 2.76 bits per heavy atom. The summed E-state index contributed by atoms with van der Waals surface area (Å²) in [6.07, 6.45) is 2.47. The third-order valence-electron chi connectivity index (χ3n) is 3.49. The molecule has 4 heteroatoms. The number of nitrogens with one attached hydrogen (secondary N) is 1. The topological polar surface area (TPSA) is 15.3 Å². The van der Waals surface area contributed by atoms with Crippen LogP contribution in [0.1, 0.15) is 30.6 Å². The Bertz CT molecular complexity index is 334. The van der Waals surface area contributed by atoms with Crippen molar-refractivity contribution in [1.82, 2.24) is 10.2 Å². The highest BCUT2D eigenvalue weighted by Crippen LogP contribution is 2.32. The second-order valence-corrected chi connectivity index (χ2v) is 6.37. The molecule has 96 valence electrons. The van der Waals surface area contributed by atoms with E-state index in [2.05, 4.69) is 23.2 Å². The minimum atomic E-state index is 0.683. The molecule has 2 heterocycles. The van der Waals surface area contributed by atoms with Crippen molar-refractivity contribution < 1.29 is 0 Å². The first-order valence-corrected chi connectivity index (χ1v) is 7.67. The molecule has 0 spiro atoms. The lowest BCUT2D eigenvalue weighted by Gasteiger charge is -2.28. The van der Waals surface area contributed by atoms with Crippen molar-refractivity contribution in [2.24, 2.45) is 0 Å². The van der Waals surface area contributed by atoms with E-state index in [0.717, 1.165) is 17.4 Å². The third kappa shape index (κ3) is 3.95. The fraction of sp³-hybridized carbons (Fsp3) is 0.692. The van der Waals surface area contributed by atoms with Gasteiger partial charge in [0.25, 0.3) is 0 Å². The Morgan fingerprint density at radius 2 is 2.18 bits per heavy atom. The van der Waals surface area contributed by atoms with Crippen LogP contribution in [0.3, 0.4) is 0 Å². The summed E-state index contributed by atoms with van der Waals surface area (Å²) in [5.74, 6) is 0.683. The number of piperazine rings is 1. The largest absolute Gasteiger partial charge is 0.314 e. The van der Waals surface area contributed by atoms with Crippen molar-refractivity contribution in [3.63, 3.8) is 0 Å². The van der Waals surface area contributed by atoms with Crippen LogP contribution in [0.25, 0.3) is 0 Å². The molecule has 0 aliphatic carbocycles. The van der Waals surface area contributed by atoms with Gasteiger partial charge in [0.15, 0.2) is 0 Å². The zero-order valence-electron chi connectivity index (χ0n) is 10.4. The predicted octanol–water partition coefficient (Wildman–Crippen LogP) is 3.19. The van der Waals surface area contributed by atoms with Gasteiger partial charge in [-0.15, -0.1) is 11.3 Å². The molecule has 1 fully saturated rings. The lowest BCUT2D eigenvalue weighted by atomic mass is 10.00. The molecule has 1 aliphatic rings. The van der Waals surface area contributed by atoms with Crippen LogP contribution < -0.4 is 5.32 Å². The zero-order chi connectivity index (χ0) is 12.1. The predicted molar refractivity (Wildman–Crippen MR) is 76.3 cm³/mol. The van der Waals surface area contributed by atoms with Gasteiger partial charge in [-0.25, -0.2) is 0 Å². The van der Waals surface area contributed by atoms with Crippen LogP contribution in [0.4, 0.5) is 0 Å². The van der Waals surface area contributed by atoms with E-state index in [1.165, 1.54) is 37.4 Å². The average molecular weight is 273 g/mol. The van der Waals surface area contributed by atoms with E-state index in [-0.39, 0.29) is 0 Å². The summed E-state index contributed by atoms with van der Waals surface area (Å²) >= 11 is 7.75. The number of hydrogen-bond donors (Lipinski definition) is 1. The van der Waals surface area contributed by atoms with E-state index in [0.29, 0.717) is 5.92 Å². The maximum atomic E-state index is 6.01. The van der Waals surface area contributed by atoms with E-state index in [4.69, 9.17) is 11.6 Å². The van der Waals surface area contributed by atoms with Gasteiger partial charge in [-0.1, -0.05) is 18.5 Å². The Kier molecular flexibility index (Phi) is 5.29. The molecule has 1 aromatic rings. The molecule has 1 N–H and O–H groups in total. The van der Waals surface area contributed by atoms with Crippen molar-refractivity contribution in [3.05, 3.63) is 21.3 Å². The second-order valence-electron chi connectivity index (χ2n) is 4.63. The Hall–Kier alpha value is -0.0900. The van der Waals surface area contributed by atoms with Gasteiger partial charge in [-0.2, -0.15) is 0 Å². The van der Waals surface area contributed by atoms with Crippen LogP contribution in [0.5, 0.6) is 0 Å². The standard InChI is InChI=1S/C13H21ClN2S/c1-2-11(12-3-4-13(14)17-12)5-8-16-9-6-15-7-10-16/h3-4,11,15H,2,5-10H2,1H3. The Balaban J connectivity index is 1.82. The number of rotatable bonds is 5. The summed E-state index contributed by atoms with van der Waals surface area (Å²) < 4.78 is 0.917. The molecule has 0 radical (unpaired) electrons. The van der Waals surface area contributed by atoms with Crippen molar-refractivity contribution in [2.75, 3.05) is 32.7 Å². The van der Waals surface area contributed by atoms with Crippen molar-refractivity contribution in [1.29, 1.82) is 0 Å². The fourth-order valence-corrected chi connectivity index (χ4v) is 3.65. The van der Waals surface area contributed by atoms with Gasteiger partial charge in [0, 0.05) is 31.1 Å². The van der Waals surface area contributed by atoms with Gasteiger partial charge < -0.3 is 10.2 Å². The molecular weight excluding hydrogens is 252 g/mol. The summed E-state index contributed by atoms with van der Waals surface area (Å²) in [4.78, 5) is 4.02. The van der Waals surface area contributed by atoms with E-state index < -0.39 is 0 Å². The Morgan fingerprint density at radius 1 is 1.41 bits per heavy atom. The quantitative estimate of drug-likeness (QED) is 0.886. The van der Waals surface area contributed by atoms with Gasteiger partial charge in [0.1, 0.15) is 0 Å². The summed E-state index contributed by atoms with van der Waals surface area (Å²) in [5, 5.41) is 3.39. The summed E-state index contributed by atoms with van der Waals surface area (Å²) in [5.41, 5.74) is 0. The third-order valence-corrected chi connectivity index (χ3v) is 4.89. The molecule has 1 unspecified atom stereocenters. The first-order valence-electron chi connectivity index (χ1n) is 6.48. The smallest absolute Gasteiger partial charge is 0.0931 e. The molecule has 17 heavy (non-hydrogen) atoms. The molecule has 0 aromatic carbocycles. The zero-order valence-corrected chi connectivity index (χ0v) is 12.0. The van der Waals surface area contributed by atoms with Crippen molar-refractivity contribution >= 4 is 22.9 Å². The average Bonchev–Trinajstić information content (AvgIpc) is 2.78. The maximum Gasteiger partial charge on any atom is 0.0931 e. The fourth-order valence-electron chi connectivity index (χ4n) is 2.37. The molecule has 2 nitrogen and oxygen atoms in total. The molecule has 1 saturated heterocycles. The van der Waals surface area contributed by atoms with Crippen LogP contribution in [0.15, 0.2) is 12.1 Å². The molecule has 0 bridgehead atoms. The number of thiophene rings is 1. The van der Waals surface area contributed by atoms with E-state index in [1.807, 2.05) is 6.07 Å². The SMILES string of the molecule is CCC(CCN1CCNCC1)c1ccc(Cl)s1. The van der Waals surface area contributed by atoms with E-state index in [9.17, 15) is 0 Å². The minimum absolute atomic E-state index is 0.683. The van der Waals surface area contributed by atoms with Crippen LogP contribution in [-0.2, 0) is 0 Å². The first kappa shape index (κ1) is 13.3. The number of halogens is 1. The van der Waals surface area contributed by atoms with Crippen LogP contribution >= 0.6 is 22.9 Å². The van der Waals surface area contributed by atoms with Gasteiger partial charge in [-0.3, -0.25) is 0 Å². The van der Waals surface area contributed by atoms with Gasteiger partial charge >= 0.3 is 0 Å². The van der Waals surface area contributed by atoms with Gasteiger partial charge in [-0.05, 0) is 37.4 Å². The number of nitrogens with zero attached hydrogens (tertiary/aromatic N) is 1. The normalized spacial score (nSPS) is 19.4. The Labute approximate surface area is 113 Å². The second kappa shape index (κ2) is 6.74. The molecule has 2 rings (SSSR count). The van der Waals surface area contributed by atoms with E-state index >= 15 is 0 Å². The molecular formula is C13H21ClN2S. The highest BCUT2D eigenvalue weighted by Gasteiger charge is 2.15. The van der Waals surface area contributed by atoms with Crippen molar-refractivity contribution in [3.8, 4) is 0 Å². The summed E-state index contributed by atoms with van der Waals surface area (Å²) in [6, 6.07) is 4.22. The lowest BCUT2D eigenvalue weighted by molar-refractivity contribution is 0.232. The molecule has 0 amide bonds. The van der Waals surface area contributed by atoms with Gasteiger partial charge in [0.2, 0.25) is 0 Å². The van der Waals surface area contributed by atoms with Crippen LogP contribution in [0, 0.1) is 0 Å². The maximum absolute atomic E-state index is 6.01. The lowest BCUT2D eigenvalue weighted by Crippen LogP contribution is -2.43. The number of hydrogen-bond acceptors (Lipinski definition) is 3. The molecule has 1 aromatic heterocycles. The monoisotopic (exact) mass is 272 g/mol. The summed E-state index contributed by atoms with van der Waals surface area (Å²) in [7, 11) is 0. The van der Waals surface area contributed by atoms with Gasteiger partial charge in [0.05, 0.1) is 4.34 Å². The molecule has 1 aliphatic heterocycles.